The molecular formula is C11H23NO. The molecular weight excluding hydrogens is 162 g/mol. The minimum Gasteiger partial charge on any atom is -0.343 e. The Kier molecular flexibility index (Phi) is 4.45. The predicted molar refractivity (Wildman–Crippen MR) is 56.6 cm³/mol. The van der Waals surface area contributed by atoms with Gasteiger partial charge >= 0.3 is 0 Å². The number of nitrogens with zero attached hydrogens (tertiary/aromatic N) is 1. The summed E-state index contributed by atoms with van der Waals surface area (Å²) in [6.07, 6.45) is 1.59. The number of hydrogen-bond acceptors (Lipinski definition) is 1. The van der Waals surface area contributed by atoms with Crippen LogP contribution in [0.3, 0.4) is 0 Å². The molecule has 0 heterocycles. The Labute approximate surface area is 82.3 Å². The Morgan fingerprint density at radius 3 is 2.15 bits per heavy atom. The average molecular weight is 185 g/mol. The number of carbonyl (C=O) groups is 1. The van der Waals surface area contributed by atoms with Crippen LogP contribution in [0.5, 0.6) is 0 Å². The first-order valence-electron chi connectivity index (χ1n) is 5.06. The molecule has 0 aromatic rings. The van der Waals surface area contributed by atoms with Gasteiger partial charge in [-0.05, 0) is 18.8 Å². The molecule has 78 valence electrons. The van der Waals surface area contributed by atoms with E-state index in [4.69, 9.17) is 0 Å². The van der Waals surface area contributed by atoms with Gasteiger partial charge in [-0.15, -0.1) is 0 Å². The molecule has 2 nitrogen and oxygen atoms in total. The third-order valence-corrected chi connectivity index (χ3v) is 2.69. The highest BCUT2D eigenvalue weighted by Gasteiger charge is 2.26. The van der Waals surface area contributed by atoms with E-state index in [0.29, 0.717) is 12.5 Å². The average Bonchev–Trinajstić information content (AvgIpc) is 2.00. The van der Waals surface area contributed by atoms with Gasteiger partial charge in [0.15, 0.2) is 0 Å². The maximum Gasteiger partial charge on any atom is 0.222 e. The van der Waals surface area contributed by atoms with E-state index in [-0.39, 0.29) is 11.3 Å². The topological polar surface area (TPSA) is 20.3 Å². The van der Waals surface area contributed by atoms with Crippen LogP contribution in [0.1, 0.15) is 47.5 Å². The smallest absolute Gasteiger partial charge is 0.222 e. The second-order valence-electron chi connectivity index (χ2n) is 4.80. The van der Waals surface area contributed by atoms with Crippen LogP contribution in [0.15, 0.2) is 0 Å². The molecule has 2 heteroatoms. The van der Waals surface area contributed by atoms with Crippen molar-refractivity contribution in [3.63, 3.8) is 0 Å². The molecule has 0 aliphatic rings. The molecule has 0 aromatic carbocycles. The standard InChI is InChI=1S/C11H23NO/c1-7-8-10(13)12(6)9(2)11(3,4)5/h9H,7-8H2,1-6H3. The van der Waals surface area contributed by atoms with E-state index in [9.17, 15) is 4.79 Å². The van der Waals surface area contributed by atoms with Crippen LogP contribution in [0.25, 0.3) is 0 Å². The second-order valence-corrected chi connectivity index (χ2v) is 4.80. The molecule has 0 aromatic heterocycles. The second kappa shape index (κ2) is 4.64. The minimum absolute atomic E-state index is 0.165. The fourth-order valence-corrected chi connectivity index (χ4v) is 1.19. The maximum atomic E-state index is 11.6. The van der Waals surface area contributed by atoms with E-state index in [2.05, 4.69) is 27.7 Å². The number of hydrogen-bond donors (Lipinski definition) is 0. The van der Waals surface area contributed by atoms with Gasteiger partial charge in [-0.2, -0.15) is 0 Å². The lowest BCUT2D eigenvalue weighted by molar-refractivity contribution is -0.133. The van der Waals surface area contributed by atoms with E-state index in [1.165, 1.54) is 0 Å². The van der Waals surface area contributed by atoms with Crippen molar-refractivity contribution in [3.8, 4) is 0 Å². The van der Waals surface area contributed by atoms with Crippen molar-refractivity contribution in [2.45, 2.75) is 53.5 Å². The summed E-state index contributed by atoms with van der Waals surface area (Å²) in [5, 5.41) is 0. The highest BCUT2D eigenvalue weighted by atomic mass is 16.2. The highest BCUT2D eigenvalue weighted by Crippen LogP contribution is 2.23. The van der Waals surface area contributed by atoms with E-state index in [1.54, 1.807) is 0 Å². The van der Waals surface area contributed by atoms with Gasteiger partial charge in [0.25, 0.3) is 0 Å². The lowest BCUT2D eigenvalue weighted by Crippen LogP contribution is -2.42. The van der Waals surface area contributed by atoms with E-state index >= 15 is 0 Å². The van der Waals surface area contributed by atoms with Crippen LogP contribution in [-0.2, 0) is 4.79 Å². The van der Waals surface area contributed by atoms with Gasteiger partial charge in [-0.3, -0.25) is 4.79 Å². The van der Waals surface area contributed by atoms with Crippen LogP contribution in [-0.4, -0.2) is 23.9 Å². The Hall–Kier alpha value is -0.530. The van der Waals surface area contributed by atoms with Crippen molar-refractivity contribution in [1.29, 1.82) is 0 Å². The minimum atomic E-state index is 0.165. The van der Waals surface area contributed by atoms with Crippen molar-refractivity contribution < 1.29 is 4.79 Å². The van der Waals surface area contributed by atoms with E-state index in [0.717, 1.165) is 6.42 Å². The molecule has 0 spiro atoms. The molecule has 1 amide bonds. The summed E-state index contributed by atoms with van der Waals surface area (Å²) < 4.78 is 0. The zero-order valence-electron chi connectivity index (χ0n) is 9.85. The van der Waals surface area contributed by atoms with Crippen molar-refractivity contribution in [2.75, 3.05) is 7.05 Å². The first kappa shape index (κ1) is 12.5. The first-order chi connectivity index (χ1) is 5.80. The quantitative estimate of drug-likeness (QED) is 0.662. The molecule has 1 unspecified atom stereocenters. The summed E-state index contributed by atoms with van der Waals surface area (Å²) >= 11 is 0. The van der Waals surface area contributed by atoms with Crippen molar-refractivity contribution in [1.82, 2.24) is 4.90 Å². The molecule has 0 aliphatic heterocycles. The van der Waals surface area contributed by atoms with Gasteiger partial charge < -0.3 is 4.90 Å². The highest BCUT2D eigenvalue weighted by molar-refractivity contribution is 5.76. The zero-order chi connectivity index (χ0) is 10.6. The van der Waals surface area contributed by atoms with Crippen molar-refractivity contribution >= 4 is 5.91 Å². The summed E-state index contributed by atoms with van der Waals surface area (Å²) in [7, 11) is 1.90. The summed E-state index contributed by atoms with van der Waals surface area (Å²) in [6, 6.07) is 0.298. The van der Waals surface area contributed by atoms with Gasteiger partial charge in [-0.25, -0.2) is 0 Å². The normalized spacial score (nSPS) is 14.0. The van der Waals surface area contributed by atoms with E-state index < -0.39 is 0 Å². The molecule has 0 radical (unpaired) electrons. The van der Waals surface area contributed by atoms with Gasteiger partial charge in [0.05, 0.1) is 0 Å². The van der Waals surface area contributed by atoms with Crippen molar-refractivity contribution in [3.05, 3.63) is 0 Å². The van der Waals surface area contributed by atoms with Gasteiger partial charge in [0.2, 0.25) is 5.91 Å². The molecule has 0 bridgehead atoms. The van der Waals surface area contributed by atoms with Crippen LogP contribution in [0, 0.1) is 5.41 Å². The van der Waals surface area contributed by atoms with Gasteiger partial charge in [-0.1, -0.05) is 27.7 Å². The summed E-state index contributed by atoms with van der Waals surface area (Å²) in [5.74, 6) is 0.255. The molecule has 0 rings (SSSR count). The third kappa shape index (κ3) is 3.79. The molecule has 0 aliphatic carbocycles. The predicted octanol–water partition coefficient (Wildman–Crippen LogP) is 2.68. The van der Waals surface area contributed by atoms with E-state index in [1.807, 2.05) is 18.9 Å². The zero-order valence-corrected chi connectivity index (χ0v) is 9.85. The van der Waals surface area contributed by atoms with Crippen molar-refractivity contribution in [2.24, 2.45) is 5.41 Å². The number of amides is 1. The maximum absolute atomic E-state index is 11.6. The van der Waals surface area contributed by atoms with Gasteiger partial charge in [0, 0.05) is 19.5 Å². The third-order valence-electron chi connectivity index (χ3n) is 2.69. The van der Waals surface area contributed by atoms with Crippen LogP contribution < -0.4 is 0 Å². The fourth-order valence-electron chi connectivity index (χ4n) is 1.19. The SMILES string of the molecule is CCCC(=O)N(C)C(C)C(C)(C)C. The van der Waals surface area contributed by atoms with Crippen LogP contribution in [0.4, 0.5) is 0 Å². The molecule has 0 N–H and O–H groups in total. The molecule has 0 saturated carbocycles. The van der Waals surface area contributed by atoms with Gasteiger partial charge in [0.1, 0.15) is 0 Å². The monoisotopic (exact) mass is 185 g/mol. The Balaban J connectivity index is 4.25. The van der Waals surface area contributed by atoms with Crippen LogP contribution >= 0.6 is 0 Å². The Morgan fingerprint density at radius 1 is 1.38 bits per heavy atom. The summed E-state index contributed by atoms with van der Waals surface area (Å²) in [4.78, 5) is 13.4. The largest absolute Gasteiger partial charge is 0.343 e. The lowest BCUT2D eigenvalue weighted by atomic mass is 9.87. The summed E-state index contributed by atoms with van der Waals surface area (Å²) in [6.45, 7) is 10.6. The molecule has 1 atom stereocenters. The summed E-state index contributed by atoms with van der Waals surface area (Å²) in [5.41, 5.74) is 0.165. The molecule has 0 saturated heterocycles. The lowest BCUT2D eigenvalue weighted by Gasteiger charge is -2.35. The molecule has 0 fully saturated rings. The van der Waals surface area contributed by atoms with Crippen LogP contribution in [0.2, 0.25) is 0 Å². The Morgan fingerprint density at radius 2 is 1.85 bits per heavy atom. The number of carbonyl (C=O) groups excluding carboxylic acids is 1. The fraction of sp³-hybridized carbons (Fsp3) is 0.909. The molecule has 13 heavy (non-hydrogen) atoms. The first-order valence-corrected chi connectivity index (χ1v) is 5.06. The Bertz CT molecular complexity index is 169. The number of rotatable bonds is 3.